The van der Waals surface area contributed by atoms with Gasteiger partial charge in [-0.3, -0.25) is 20.2 Å². The quantitative estimate of drug-likeness (QED) is 0.0340. The number of non-ortho nitro benzene ring substituents is 2. The smallest absolute Gasteiger partial charge is 0.271 e. The summed E-state index contributed by atoms with van der Waals surface area (Å²) in [6, 6.07) is 83.7. The van der Waals surface area contributed by atoms with Crippen LogP contribution in [0.15, 0.2) is 287 Å². The van der Waals surface area contributed by atoms with Crippen molar-refractivity contribution >= 4 is 88.2 Å². The van der Waals surface area contributed by atoms with Crippen LogP contribution in [0.3, 0.4) is 0 Å². The van der Waals surface area contributed by atoms with Crippen LogP contribution in [0.25, 0.3) is 10.8 Å². The second-order valence-corrected chi connectivity index (χ2v) is 32.7. The maximum atomic E-state index is 12.7. The van der Waals surface area contributed by atoms with E-state index in [1.807, 2.05) is 12.1 Å². The molecule has 2 fully saturated rings. The van der Waals surface area contributed by atoms with Crippen LogP contribution < -0.4 is 9.80 Å². The molecule has 544 valence electrons. The van der Waals surface area contributed by atoms with E-state index in [1.54, 1.807) is 12.1 Å². The highest BCUT2D eigenvalue weighted by Gasteiger charge is 2.55. The Hall–Kier alpha value is -9.88. The summed E-state index contributed by atoms with van der Waals surface area (Å²) in [4.78, 5) is 29.9. The molecule has 0 unspecified atom stereocenters. The lowest BCUT2D eigenvalue weighted by molar-refractivity contribution is -0.455. The van der Waals surface area contributed by atoms with Gasteiger partial charge in [0, 0.05) is 115 Å². The lowest BCUT2D eigenvalue weighted by Crippen LogP contribution is -2.39. The third-order valence-electron chi connectivity index (χ3n) is 24.7. The fourth-order valence-corrected chi connectivity index (χ4v) is 21.3. The monoisotopic (exact) mass is 1550 g/mol. The molecule has 6 aliphatic rings. The molecule has 12 heteroatoms. The largest absolute Gasteiger partial charge is 0.343 e. The number of nitro benzene ring substituents is 2. The van der Waals surface area contributed by atoms with Crippen LogP contribution in [-0.2, 0) is 60.4 Å². The topological polar surface area (TPSA) is 98.8 Å². The molecule has 2 aliphatic carbocycles. The Morgan fingerprint density at radius 2 is 0.759 bits per heavy atom. The first-order valence-corrected chi connectivity index (χ1v) is 40.9. The van der Waals surface area contributed by atoms with Gasteiger partial charge in [-0.15, -0.1) is 0 Å². The van der Waals surface area contributed by atoms with Crippen molar-refractivity contribution in [2.75, 3.05) is 22.9 Å². The van der Waals surface area contributed by atoms with E-state index in [0.29, 0.717) is 13.1 Å². The highest BCUT2D eigenvalue weighted by Crippen LogP contribution is 2.61. The van der Waals surface area contributed by atoms with Crippen LogP contribution in [0.1, 0.15) is 159 Å². The van der Waals surface area contributed by atoms with Gasteiger partial charge in [0.1, 0.15) is 0 Å². The third kappa shape index (κ3) is 13.3. The van der Waals surface area contributed by atoms with Crippen molar-refractivity contribution in [3.05, 3.63) is 363 Å². The van der Waals surface area contributed by atoms with Gasteiger partial charge in [0.15, 0.2) is 24.5 Å². The zero-order valence-electron chi connectivity index (χ0n) is 62.0. The molecule has 0 amide bonds. The van der Waals surface area contributed by atoms with Crippen molar-refractivity contribution in [2.24, 2.45) is 0 Å². The Labute approximate surface area is 652 Å². The van der Waals surface area contributed by atoms with E-state index in [1.165, 1.54) is 89.5 Å². The summed E-state index contributed by atoms with van der Waals surface area (Å²) >= 11 is 7.86. The summed E-state index contributed by atoms with van der Waals surface area (Å²) < 4.78 is 6.84. The minimum absolute atomic E-state index is 0.131. The number of hydrogen-bond acceptors (Lipinski definition) is 6. The Kier molecular flexibility index (Phi) is 20.8. The number of unbranched alkanes of at least 4 members (excludes halogenated alkanes) is 2. The Morgan fingerprint density at radius 1 is 0.417 bits per heavy atom. The summed E-state index contributed by atoms with van der Waals surface area (Å²) in [5, 5.41) is 27.8. The van der Waals surface area contributed by atoms with Crippen LogP contribution in [-0.4, -0.2) is 43.5 Å². The molecule has 0 radical (unpaired) electrons. The number of hydrogen-bond donors (Lipinski definition) is 0. The van der Waals surface area contributed by atoms with Crippen LogP contribution in [0.2, 0.25) is 0 Å². The number of fused-ring (bicyclic) bond motifs is 7. The summed E-state index contributed by atoms with van der Waals surface area (Å²) in [5.74, 6) is 0. The molecule has 0 atom stereocenters. The first-order valence-electron chi connectivity index (χ1n) is 39.3. The highest BCUT2D eigenvalue weighted by atomic mass is 79.9. The Bertz CT molecular complexity index is 4850. The van der Waals surface area contributed by atoms with Crippen molar-refractivity contribution in [1.82, 2.24) is 0 Å². The van der Waals surface area contributed by atoms with Crippen LogP contribution in [0.5, 0.6) is 0 Å². The number of anilines is 2. The van der Waals surface area contributed by atoms with Crippen molar-refractivity contribution in [2.45, 2.75) is 164 Å². The second kappa shape index (κ2) is 31.0. The van der Waals surface area contributed by atoms with Gasteiger partial charge in [-0.1, -0.05) is 271 Å². The van der Waals surface area contributed by atoms with E-state index in [9.17, 15) is 20.2 Å². The van der Waals surface area contributed by atoms with Gasteiger partial charge in [0.25, 0.3) is 11.4 Å². The number of halogens is 2. The Balaban J connectivity index is 0.875. The zero-order valence-corrected chi connectivity index (χ0v) is 65.2. The molecule has 0 saturated heterocycles. The number of benzene rings is 10. The molecule has 10 nitrogen and oxygen atoms in total. The fraction of sp³-hybridized carbons (Fsp3) is 0.292. The van der Waals surface area contributed by atoms with Gasteiger partial charge in [-0.05, 0) is 152 Å². The van der Waals surface area contributed by atoms with E-state index < -0.39 is 10.8 Å². The lowest BCUT2D eigenvalue weighted by Gasteiger charge is -2.37. The lowest BCUT2D eigenvalue weighted by atomic mass is 9.68. The molecule has 0 bridgehead atoms. The van der Waals surface area contributed by atoms with Gasteiger partial charge in [-0.2, -0.15) is 9.15 Å². The third-order valence-corrected chi connectivity index (χ3v) is 25.9. The second-order valence-electron chi connectivity index (χ2n) is 31.0. The molecule has 2 spiro atoms. The average molecular weight is 1560 g/mol. The van der Waals surface area contributed by atoms with E-state index in [4.69, 9.17) is 0 Å². The Morgan fingerprint density at radius 3 is 1.10 bits per heavy atom. The predicted molar refractivity (Wildman–Crippen MR) is 448 cm³/mol. The maximum absolute atomic E-state index is 12.7. The first kappa shape index (κ1) is 72.3. The number of allylic oxidation sites excluding steroid dienone is 8. The van der Waals surface area contributed by atoms with E-state index in [0.717, 1.165) is 160 Å². The number of rotatable bonds is 24. The minimum atomic E-state index is -0.508. The predicted octanol–water partition coefficient (Wildman–Crippen LogP) is 24.1. The zero-order chi connectivity index (χ0) is 74.0. The van der Waals surface area contributed by atoms with Crippen LogP contribution in [0, 0.1) is 20.2 Å². The average Bonchev–Trinajstić information content (AvgIpc) is 1.58. The van der Waals surface area contributed by atoms with Gasteiger partial charge < -0.3 is 9.80 Å². The fourth-order valence-electron chi connectivity index (χ4n) is 19.9. The normalized spacial score (nSPS) is 18.0. The highest BCUT2D eigenvalue weighted by molar-refractivity contribution is 9.11. The molecular formula is C96H94Br2N6O4+2. The number of para-hydroxylation sites is 2. The molecule has 4 heterocycles. The molecule has 2 saturated carbocycles. The van der Waals surface area contributed by atoms with Gasteiger partial charge >= 0.3 is 0 Å². The van der Waals surface area contributed by atoms with Crippen molar-refractivity contribution in [3.8, 4) is 0 Å². The molecule has 16 rings (SSSR count). The number of nitro groups is 2. The van der Waals surface area contributed by atoms with Gasteiger partial charge in [0.05, 0.1) is 32.1 Å². The summed E-state index contributed by atoms with van der Waals surface area (Å²) in [7, 11) is 0. The van der Waals surface area contributed by atoms with Gasteiger partial charge in [0.2, 0.25) is 11.4 Å². The molecule has 0 N–H and O–H groups in total. The van der Waals surface area contributed by atoms with Crippen LogP contribution in [0.4, 0.5) is 34.1 Å². The first-order chi connectivity index (χ1) is 52.9. The summed E-state index contributed by atoms with van der Waals surface area (Å²) in [5.41, 5.74) is 20.3. The summed E-state index contributed by atoms with van der Waals surface area (Å²) in [6.45, 7) is 7.33. The van der Waals surface area contributed by atoms with Crippen molar-refractivity contribution < 1.29 is 19.0 Å². The van der Waals surface area contributed by atoms with E-state index in [2.05, 4.69) is 307 Å². The molecule has 10 aromatic rings. The van der Waals surface area contributed by atoms with Crippen molar-refractivity contribution in [3.63, 3.8) is 0 Å². The SMILES string of the molecule is CCCCN1/C(=C/C=C/C2=[N+](Cc3cccc4c(C[N+]5=C(/C=C/C=C6/N(CCCC)c7c(Br)cc([N+](=O)[O-])cc7C67CCCCC7)C(Cc6ccccc6)(Cc6ccccc6)c6ccccc65)cccc34)c3ccccc3C2(Cc2ccccc2)Cc2ccccc2)C2(CCCCC2)c2cc([N+](=O)[O-])cc(Br)c21. The molecular weight excluding hydrogens is 1460 g/mol. The molecule has 108 heavy (non-hydrogen) atoms. The van der Waals surface area contributed by atoms with Gasteiger partial charge in [-0.25, -0.2) is 0 Å². The minimum Gasteiger partial charge on any atom is -0.343 e. The van der Waals surface area contributed by atoms with E-state index in [-0.39, 0.29) is 32.1 Å². The number of nitrogens with zero attached hydrogens (tertiary/aromatic N) is 6. The maximum Gasteiger partial charge on any atom is 0.271 e. The molecule has 0 aromatic heterocycles. The molecule has 4 aliphatic heterocycles. The summed E-state index contributed by atoms with van der Waals surface area (Å²) in [6.07, 6.45) is 31.7. The standard InChI is InChI=1S/C96H94Br2N6O4/c1-3-5-57-99-87(93(53-25-11-26-54-93)81-59-75(103(105)106)61-83(97)91(81)99)49-31-51-89-95(63-69-33-13-7-14-34-69,64-70-35-15-8-16-36-70)79-45-21-23-47-85(79)101(89)67-73-41-29-44-78-74(42-30-43-77(73)78)68-102-86-48-24-22-46-80(86)96(65-71-37-17-9-18-38-71,66-72-39-19-10-20-40-72)90(102)52-32-50-88-94(55-27-12-28-56-94)82-60-76(104(107)108)62-84(98)92(82)100(88)58-6-4-2/h7-10,13-24,29-52,59-62H,3-6,11-12,25-28,53-58,63-68H2,1-2H3/q+2. The van der Waals surface area contributed by atoms with Crippen LogP contribution >= 0.6 is 31.9 Å². The molecule has 10 aromatic carbocycles. The van der Waals surface area contributed by atoms with E-state index >= 15 is 0 Å². The van der Waals surface area contributed by atoms with Crippen molar-refractivity contribution in [1.29, 1.82) is 0 Å².